The molecule has 1 aromatic heterocycles. The second kappa shape index (κ2) is 9.70. The van der Waals surface area contributed by atoms with Gasteiger partial charge in [-0.25, -0.2) is 0 Å². The summed E-state index contributed by atoms with van der Waals surface area (Å²) in [5, 5.41) is 4.72. The Kier molecular flexibility index (Phi) is 5.58. The Bertz CT molecular complexity index is 2430. The van der Waals surface area contributed by atoms with Gasteiger partial charge in [-0.2, -0.15) is 0 Å². The molecule has 0 N–H and O–H groups in total. The molecule has 0 unspecified atom stereocenters. The zero-order valence-electron chi connectivity index (χ0n) is 25.3. The third-order valence-electron chi connectivity index (χ3n) is 9.65. The molecule has 0 fully saturated rings. The number of benzene rings is 7. The molecule has 7 aromatic carbocycles. The number of anilines is 3. The SMILES string of the molecule is CC1(C)c2ccccc2-c2cc(N(c3ccc4ccccc4c3)c3ccccc3-c3cccc4oc5ccccc5c34)ccc21. The van der Waals surface area contributed by atoms with Crippen LogP contribution in [0, 0.1) is 0 Å². The molecule has 0 amide bonds. The van der Waals surface area contributed by atoms with Gasteiger partial charge in [-0.1, -0.05) is 123 Å². The second-order valence-corrected chi connectivity index (χ2v) is 12.6. The summed E-state index contributed by atoms with van der Waals surface area (Å²) in [7, 11) is 0. The fourth-order valence-corrected chi connectivity index (χ4v) is 7.49. The summed E-state index contributed by atoms with van der Waals surface area (Å²) >= 11 is 0. The highest BCUT2D eigenvalue weighted by Crippen LogP contribution is 2.51. The molecule has 1 aliphatic rings. The van der Waals surface area contributed by atoms with Crippen LogP contribution in [0.1, 0.15) is 25.0 Å². The van der Waals surface area contributed by atoms with Crippen LogP contribution >= 0.6 is 0 Å². The smallest absolute Gasteiger partial charge is 0.136 e. The molecular formula is C43H31NO. The van der Waals surface area contributed by atoms with Crippen LogP contribution in [0.4, 0.5) is 17.1 Å². The van der Waals surface area contributed by atoms with Gasteiger partial charge in [0.25, 0.3) is 0 Å². The summed E-state index contributed by atoms with van der Waals surface area (Å²) in [6, 6.07) is 54.8. The third-order valence-corrected chi connectivity index (χ3v) is 9.65. The van der Waals surface area contributed by atoms with Crippen molar-refractivity contribution in [2.75, 3.05) is 4.90 Å². The molecule has 0 aliphatic heterocycles. The minimum Gasteiger partial charge on any atom is -0.456 e. The first kappa shape index (κ1) is 25.9. The maximum absolute atomic E-state index is 6.32. The van der Waals surface area contributed by atoms with E-state index in [1.807, 2.05) is 6.07 Å². The van der Waals surface area contributed by atoms with Gasteiger partial charge in [-0.15, -0.1) is 0 Å². The number of furan rings is 1. The van der Waals surface area contributed by atoms with Crippen LogP contribution < -0.4 is 4.90 Å². The van der Waals surface area contributed by atoms with Crippen LogP contribution in [0.25, 0.3) is 55.0 Å². The van der Waals surface area contributed by atoms with Gasteiger partial charge in [0.15, 0.2) is 0 Å². The van der Waals surface area contributed by atoms with Crippen molar-refractivity contribution in [2.45, 2.75) is 19.3 Å². The highest BCUT2D eigenvalue weighted by molar-refractivity contribution is 6.14. The van der Waals surface area contributed by atoms with E-state index in [-0.39, 0.29) is 5.41 Å². The molecule has 45 heavy (non-hydrogen) atoms. The second-order valence-electron chi connectivity index (χ2n) is 12.6. The topological polar surface area (TPSA) is 16.4 Å². The quantitative estimate of drug-likeness (QED) is 0.207. The molecule has 0 bridgehead atoms. The van der Waals surface area contributed by atoms with E-state index in [0.29, 0.717) is 0 Å². The summed E-state index contributed by atoms with van der Waals surface area (Å²) < 4.78 is 6.32. The lowest BCUT2D eigenvalue weighted by Gasteiger charge is -2.29. The predicted octanol–water partition coefficient (Wildman–Crippen LogP) is 12.2. The van der Waals surface area contributed by atoms with Gasteiger partial charge in [0.2, 0.25) is 0 Å². The number of fused-ring (bicyclic) bond motifs is 7. The van der Waals surface area contributed by atoms with Gasteiger partial charge in [-0.3, -0.25) is 0 Å². The van der Waals surface area contributed by atoms with E-state index >= 15 is 0 Å². The van der Waals surface area contributed by atoms with Gasteiger partial charge in [0, 0.05) is 33.1 Å². The van der Waals surface area contributed by atoms with Crippen molar-refractivity contribution in [3.63, 3.8) is 0 Å². The standard InChI is InChI=1S/C43H31NO/c1-43(2)37-18-8-5-14-32(37)36-27-31(24-25-38(36)43)44(30-23-22-28-12-3-4-13-29(28)26-30)39-19-9-6-15-33(39)34-17-11-21-41-42(34)35-16-7-10-20-40(35)45-41/h3-27H,1-2H3. The molecule has 9 rings (SSSR count). The predicted molar refractivity (Wildman–Crippen MR) is 189 cm³/mol. The summed E-state index contributed by atoms with van der Waals surface area (Å²) in [6.07, 6.45) is 0. The van der Waals surface area contributed by atoms with Crippen molar-refractivity contribution in [1.82, 2.24) is 0 Å². The van der Waals surface area contributed by atoms with Crippen molar-refractivity contribution in [3.8, 4) is 22.3 Å². The average Bonchev–Trinajstić information content (AvgIpc) is 3.57. The largest absolute Gasteiger partial charge is 0.456 e. The van der Waals surface area contributed by atoms with Crippen molar-refractivity contribution in [1.29, 1.82) is 0 Å². The fraction of sp³-hybridized carbons (Fsp3) is 0.0698. The van der Waals surface area contributed by atoms with Crippen LogP contribution in [0.2, 0.25) is 0 Å². The van der Waals surface area contributed by atoms with Gasteiger partial charge in [0.1, 0.15) is 11.2 Å². The number of nitrogens with zero attached hydrogens (tertiary/aromatic N) is 1. The maximum Gasteiger partial charge on any atom is 0.136 e. The normalized spacial score (nSPS) is 13.3. The zero-order chi connectivity index (χ0) is 30.1. The molecule has 8 aromatic rings. The van der Waals surface area contributed by atoms with Crippen molar-refractivity contribution >= 4 is 49.8 Å². The Labute approximate surface area is 262 Å². The Morgan fingerprint density at radius 1 is 0.467 bits per heavy atom. The monoisotopic (exact) mass is 577 g/mol. The van der Waals surface area contributed by atoms with E-state index < -0.39 is 0 Å². The van der Waals surface area contributed by atoms with E-state index in [0.717, 1.165) is 50.1 Å². The molecule has 214 valence electrons. The summed E-state index contributed by atoms with van der Waals surface area (Å²) in [5.41, 5.74) is 12.8. The van der Waals surface area contributed by atoms with Gasteiger partial charge in [-0.05, 0) is 81.1 Å². The van der Waals surface area contributed by atoms with Crippen LogP contribution in [0.5, 0.6) is 0 Å². The number of para-hydroxylation sites is 2. The van der Waals surface area contributed by atoms with Crippen LogP contribution in [0.3, 0.4) is 0 Å². The molecule has 2 nitrogen and oxygen atoms in total. The van der Waals surface area contributed by atoms with E-state index in [4.69, 9.17) is 4.42 Å². The van der Waals surface area contributed by atoms with Crippen LogP contribution in [-0.2, 0) is 5.41 Å². The van der Waals surface area contributed by atoms with E-state index in [1.54, 1.807) is 0 Å². The molecule has 0 saturated heterocycles. The molecule has 2 heteroatoms. The van der Waals surface area contributed by atoms with E-state index in [2.05, 4.69) is 164 Å². The van der Waals surface area contributed by atoms with Crippen LogP contribution in [0.15, 0.2) is 156 Å². The Morgan fingerprint density at radius 3 is 2.02 bits per heavy atom. The van der Waals surface area contributed by atoms with Crippen molar-refractivity contribution in [2.24, 2.45) is 0 Å². The van der Waals surface area contributed by atoms with Crippen molar-refractivity contribution in [3.05, 3.63) is 163 Å². The highest BCUT2D eigenvalue weighted by Gasteiger charge is 2.35. The molecular weight excluding hydrogens is 546 g/mol. The van der Waals surface area contributed by atoms with E-state index in [1.165, 1.54) is 33.0 Å². The lowest BCUT2D eigenvalue weighted by Crippen LogP contribution is -2.15. The fourth-order valence-electron chi connectivity index (χ4n) is 7.49. The molecule has 0 atom stereocenters. The molecule has 0 spiro atoms. The zero-order valence-corrected chi connectivity index (χ0v) is 25.3. The first-order valence-corrected chi connectivity index (χ1v) is 15.6. The summed E-state index contributed by atoms with van der Waals surface area (Å²) in [5.74, 6) is 0. The lowest BCUT2D eigenvalue weighted by atomic mass is 9.82. The lowest BCUT2D eigenvalue weighted by molar-refractivity contribution is 0.660. The maximum atomic E-state index is 6.32. The number of rotatable bonds is 4. The molecule has 1 aliphatic carbocycles. The highest BCUT2D eigenvalue weighted by atomic mass is 16.3. The summed E-state index contributed by atoms with van der Waals surface area (Å²) in [4.78, 5) is 2.43. The summed E-state index contributed by atoms with van der Waals surface area (Å²) in [6.45, 7) is 4.67. The van der Waals surface area contributed by atoms with Gasteiger partial charge >= 0.3 is 0 Å². The third kappa shape index (κ3) is 3.89. The minimum absolute atomic E-state index is 0.0475. The Morgan fingerprint density at radius 2 is 1.11 bits per heavy atom. The molecule has 0 radical (unpaired) electrons. The van der Waals surface area contributed by atoms with Crippen molar-refractivity contribution < 1.29 is 4.42 Å². The van der Waals surface area contributed by atoms with E-state index in [9.17, 15) is 0 Å². The Balaban J connectivity index is 1.32. The average molecular weight is 578 g/mol. The number of hydrogen-bond donors (Lipinski definition) is 0. The minimum atomic E-state index is -0.0475. The van der Waals surface area contributed by atoms with Crippen LogP contribution in [-0.4, -0.2) is 0 Å². The Hall–Kier alpha value is -5.60. The van der Waals surface area contributed by atoms with Gasteiger partial charge < -0.3 is 9.32 Å². The first-order valence-electron chi connectivity index (χ1n) is 15.6. The number of hydrogen-bond acceptors (Lipinski definition) is 2. The molecule has 0 saturated carbocycles. The van der Waals surface area contributed by atoms with Gasteiger partial charge in [0.05, 0.1) is 5.69 Å². The first-order chi connectivity index (χ1) is 22.1. The molecule has 1 heterocycles.